The first-order chi connectivity index (χ1) is 6.46. The molecule has 84 valence electrons. The van der Waals surface area contributed by atoms with Crippen molar-refractivity contribution in [3.05, 3.63) is 0 Å². The highest BCUT2D eigenvalue weighted by Crippen LogP contribution is 2.25. The monoisotopic (exact) mass is 204 g/mol. The molecule has 0 aromatic heterocycles. The van der Waals surface area contributed by atoms with E-state index in [0.717, 1.165) is 0 Å². The van der Waals surface area contributed by atoms with E-state index in [1.54, 1.807) is 20.8 Å². The molecule has 0 rings (SSSR count). The molecule has 14 heavy (non-hydrogen) atoms. The Morgan fingerprint density at radius 3 is 2.50 bits per heavy atom. The number of hydrogen-bond acceptors (Lipinski definition) is 4. The number of hydrogen-bond donors (Lipinski definition) is 2. The van der Waals surface area contributed by atoms with Crippen LogP contribution in [0.25, 0.3) is 0 Å². The second kappa shape index (κ2) is 5.98. The number of rotatable bonds is 6. The van der Waals surface area contributed by atoms with E-state index in [9.17, 15) is 9.90 Å². The van der Waals surface area contributed by atoms with Gasteiger partial charge in [0, 0.05) is 6.61 Å². The molecule has 0 aromatic rings. The summed E-state index contributed by atoms with van der Waals surface area (Å²) >= 11 is 0. The summed E-state index contributed by atoms with van der Waals surface area (Å²) in [5.41, 5.74) is -0.898. The number of aliphatic hydroxyl groups is 2. The van der Waals surface area contributed by atoms with Gasteiger partial charge in [-0.15, -0.1) is 0 Å². The predicted molar refractivity (Wildman–Crippen MR) is 52.7 cm³/mol. The average Bonchev–Trinajstić information content (AvgIpc) is 2.14. The molecule has 0 aliphatic carbocycles. The van der Waals surface area contributed by atoms with Gasteiger partial charge in [0.2, 0.25) is 0 Å². The van der Waals surface area contributed by atoms with Gasteiger partial charge in [-0.2, -0.15) is 0 Å². The van der Waals surface area contributed by atoms with Crippen LogP contribution in [0.3, 0.4) is 0 Å². The highest BCUT2D eigenvalue weighted by Gasteiger charge is 2.36. The normalized spacial score (nSPS) is 13.8. The molecule has 2 N–H and O–H groups in total. The van der Waals surface area contributed by atoms with Crippen molar-refractivity contribution in [2.45, 2.75) is 39.7 Å². The Morgan fingerprint density at radius 2 is 2.07 bits per heavy atom. The molecule has 1 atom stereocenters. The van der Waals surface area contributed by atoms with Gasteiger partial charge in [-0.1, -0.05) is 0 Å². The molecule has 0 aromatic carbocycles. The summed E-state index contributed by atoms with van der Waals surface area (Å²) < 4.78 is 4.85. The van der Waals surface area contributed by atoms with Crippen molar-refractivity contribution in [1.82, 2.24) is 0 Å². The molecule has 0 aliphatic rings. The Balaban J connectivity index is 4.20. The Hall–Kier alpha value is -0.610. The van der Waals surface area contributed by atoms with E-state index in [1.807, 2.05) is 0 Å². The summed E-state index contributed by atoms with van der Waals surface area (Å²) in [6, 6.07) is 0. The van der Waals surface area contributed by atoms with Crippen LogP contribution < -0.4 is 0 Å². The van der Waals surface area contributed by atoms with E-state index in [-0.39, 0.29) is 6.61 Å². The van der Waals surface area contributed by atoms with Crippen molar-refractivity contribution in [3.63, 3.8) is 0 Å². The quantitative estimate of drug-likeness (QED) is 0.625. The predicted octanol–water partition coefficient (Wildman–Crippen LogP) is 0.709. The van der Waals surface area contributed by atoms with Gasteiger partial charge >= 0.3 is 5.97 Å². The van der Waals surface area contributed by atoms with Crippen LogP contribution in [-0.2, 0) is 9.53 Å². The minimum atomic E-state index is -0.898. The van der Waals surface area contributed by atoms with Gasteiger partial charge in [-0.25, -0.2) is 0 Å². The lowest BCUT2D eigenvalue weighted by Gasteiger charge is -2.27. The Morgan fingerprint density at radius 1 is 1.50 bits per heavy atom. The minimum Gasteiger partial charge on any atom is -0.466 e. The van der Waals surface area contributed by atoms with E-state index < -0.39 is 17.5 Å². The number of carbonyl (C=O) groups is 1. The first-order valence-corrected chi connectivity index (χ1v) is 4.93. The fourth-order valence-corrected chi connectivity index (χ4v) is 1.10. The lowest BCUT2D eigenvalue weighted by atomic mass is 9.84. The molecule has 0 amide bonds. The topological polar surface area (TPSA) is 66.8 Å². The molecule has 4 nitrogen and oxygen atoms in total. The zero-order valence-corrected chi connectivity index (χ0v) is 9.12. The molecule has 0 heterocycles. The Kier molecular flexibility index (Phi) is 5.72. The summed E-state index contributed by atoms with van der Waals surface area (Å²) in [6.07, 6.45) is 0.125. The summed E-state index contributed by atoms with van der Waals surface area (Å²) in [7, 11) is 0. The fraction of sp³-hybridized carbons (Fsp3) is 0.900. The van der Waals surface area contributed by atoms with Crippen LogP contribution in [0.5, 0.6) is 0 Å². The van der Waals surface area contributed by atoms with Crippen LogP contribution in [0, 0.1) is 5.41 Å². The minimum absolute atomic E-state index is 0.0238. The van der Waals surface area contributed by atoms with Gasteiger partial charge in [0.1, 0.15) is 0 Å². The maximum Gasteiger partial charge on any atom is 0.314 e. The maximum atomic E-state index is 11.4. The summed E-state index contributed by atoms with van der Waals surface area (Å²) in [5.74, 6) is -0.398. The van der Waals surface area contributed by atoms with Gasteiger partial charge in [-0.3, -0.25) is 4.79 Å². The second-order valence-corrected chi connectivity index (χ2v) is 3.82. The van der Waals surface area contributed by atoms with Gasteiger partial charge in [-0.05, 0) is 33.6 Å². The molecule has 0 saturated heterocycles. The maximum absolute atomic E-state index is 11.4. The molecular weight excluding hydrogens is 184 g/mol. The lowest BCUT2D eigenvalue weighted by molar-refractivity contribution is -0.160. The van der Waals surface area contributed by atoms with E-state index in [2.05, 4.69) is 0 Å². The van der Waals surface area contributed by atoms with Crippen molar-refractivity contribution in [2.75, 3.05) is 13.2 Å². The smallest absolute Gasteiger partial charge is 0.314 e. The van der Waals surface area contributed by atoms with E-state index in [4.69, 9.17) is 9.84 Å². The average molecular weight is 204 g/mol. The van der Waals surface area contributed by atoms with Gasteiger partial charge in [0.15, 0.2) is 0 Å². The van der Waals surface area contributed by atoms with Crippen molar-refractivity contribution < 1.29 is 19.7 Å². The third-order valence-electron chi connectivity index (χ3n) is 2.27. The number of carbonyl (C=O) groups excluding carboxylic acids is 1. The van der Waals surface area contributed by atoms with Crippen molar-refractivity contribution in [2.24, 2.45) is 5.41 Å². The fourth-order valence-electron chi connectivity index (χ4n) is 1.10. The van der Waals surface area contributed by atoms with E-state index in [0.29, 0.717) is 19.4 Å². The van der Waals surface area contributed by atoms with Gasteiger partial charge < -0.3 is 14.9 Å². The van der Waals surface area contributed by atoms with Crippen LogP contribution in [-0.4, -0.2) is 35.5 Å². The first-order valence-electron chi connectivity index (χ1n) is 4.93. The molecule has 4 heteroatoms. The first kappa shape index (κ1) is 13.4. The molecule has 0 aliphatic heterocycles. The van der Waals surface area contributed by atoms with Crippen molar-refractivity contribution in [3.8, 4) is 0 Å². The summed E-state index contributed by atoms with van der Waals surface area (Å²) in [6.45, 7) is 5.36. The summed E-state index contributed by atoms with van der Waals surface area (Å²) in [4.78, 5) is 11.4. The largest absolute Gasteiger partial charge is 0.466 e. The Labute approximate surface area is 84.9 Å². The van der Waals surface area contributed by atoms with Crippen LogP contribution in [0.4, 0.5) is 0 Å². The number of ether oxygens (including phenoxy) is 1. The molecule has 0 fully saturated rings. The molecule has 0 bridgehead atoms. The third kappa shape index (κ3) is 3.64. The van der Waals surface area contributed by atoms with Gasteiger partial charge in [0.25, 0.3) is 0 Å². The van der Waals surface area contributed by atoms with Crippen LogP contribution in [0.2, 0.25) is 0 Å². The Bertz CT molecular complexity index is 177. The lowest BCUT2D eigenvalue weighted by Crippen LogP contribution is -2.38. The van der Waals surface area contributed by atoms with Crippen LogP contribution >= 0.6 is 0 Å². The van der Waals surface area contributed by atoms with E-state index in [1.165, 1.54) is 0 Å². The standard InChI is InChI=1S/C10H20O4/c1-4-14-9(13)10(2,3)8(12)6-5-7-11/h8,11-12H,4-7H2,1-3H3. The van der Waals surface area contributed by atoms with Crippen molar-refractivity contribution >= 4 is 5.97 Å². The summed E-state index contributed by atoms with van der Waals surface area (Å²) in [5, 5.41) is 18.3. The molecule has 0 spiro atoms. The SMILES string of the molecule is CCOC(=O)C(C)(C)C(O)CCCO. The van der Waals surface area contributed by atoms with Gasteiger partial charge in [0.05, 0.1) is 18.1 Å². The number of esters is 1. The molecule has 0 saturated carbocycles. The third-order valence-corrected chi connectivity index (χ3v) is 2.27. The van der Waals surface area contributed by atoms with Crippen LogP contribution in [0.15, 0.2) is 0 Å². The number of aliphatic hydroxyl groups excluding tert-OH is 2. The van der Waals surface area contributed by atoms with Crippen LogP contribution in [0.1, 0.15) is 33.6 Å². The second-order valence-electron chi connectivity index (χ2n) is 3.82. The highest BCUT2D eigenvalue weighted by molar-refractivity contribution is 5.76. The zero-order valence-electron chi connectivity index (χ0n) is 9.12. The molecule has 1 unspecified atom stereocenters. The molecule has 0 radical (unpaired) electrons. The highest BCUT2D eigenvalue weighted by atomic mass is 16.5. The van der Waals surface area contributed by atoms with Crippen molar-refractivity contribution in [1.29, 1.82) is 0 Å². The zero-order chi connectivity index (χ0) is 11.2. The molecular formula is C10H20O4. The van der Waals surface area contributed by atoms with E-state index >= 15 is 0 Å².